The topological polar surface area (TPSA) is 312 Å². The van der Waals surface area contributed by atoms with Crippen molar-refractivity contribution in [3.05, 3.63) is 268 Å². The highest BCUT2D eigenvalue weighted by atomic mass is 32.1. The van der Waals surface area contributed by atoms with E-state index in [-0.39, 0.29) is 71.6 Å². The molecule has 8 aromatic carbocycles. The first-order valence-corrected chi connectivity index (χ1v) is 52.4. The number of rotatable bonds is 29. The molecular weight excluding hydrogens is 1900 g/mol. The minimum atomic E-state index is -1.10. The first kappa shape index (κ1) is 99.7. The molecule has 0 atom stereocenters. The normalized spacial score (nSPS) is 14.5. The third kappa shape index (κ3) is 25.2. The smallest absolute Gasteiger partial charge is 0.355 e. The van der Waals surface area contributed by atoms with E-state index >= 15 is 0 Å². The number of nitrogens with one attached hydrogen (secondary N) is 4. The van der Waals surface area contributed by atoms with Gasteiger partial charge in [-0.05, 0) is 215 Å². The molecular formula is C107H109F2N15O11S6. The molecule has 0 aliphatic carbocycles. The monoisotopic (exact) mass is 2010 g/mol. The van der Waals surface area contributed by atoms with Crippen LogP contribution in [0.5, 0.6) is 11.5 Å². The third-order valence-corrected chi connectivity index (χ3v) is 31.5. The molecule has 11 heterocycles. The van der Waals surface area contributed by atoms with Crippen LogP contribution in [0.3, 0.4) is 0 Å². The molecule has 0 radical (unpaired) electrons. The fourth-order valence-electron chi connectivity index (χ4n) is 17.9. The van der Waals surface area contributed by atoms with E-state index in [9.17, 15) is 47.8 Å². The Morgan fingerprint density at radius 2 is 0.837 bits per heavy atom. The van der Waals surface area contributed by atoms with Crippen LogP contribution in [0.2, 0.25) is 0 Å². The quantitative estimate of drug-likeness (QED) is 0.0144. The van der Waals surface area contributed by atoms with Crippen LogP contribution < -0.4 is 45.4 Å². The summed E-state index contributed by atoms with van der Waals surface area (Å²) in [6, 6.07) is 51.2. The van der Waals surface area contributed by atoms with Gasteiger partial charge in [-0.3, -0.25) is 44.9 Å². The van der Waals surface area contributed by atoms with Crippen molar-refractivity contribution in [3.8, 4) is 35.2 Å². The molecule has 5 aliphatic rings. The number of likely N-dealkylation sites (tertiary alicyclic amines) is 2. The summed E-state index contributed by atoms with van der Waals surface area (Å²) in [6.45, 7) is 23.3. The number of aromatic nitrogens is 6. The summed E-state index contributed by atoms with van der Waals surface area (Å²) in [4.78, 5) is 117. The van der Waals surface area contributed by atoms with Gasteiger partial charge in [-0.15, -0.1) is 34.0 Å². The van der Waals surface area contributed by atoms with Gasteiger partial charge in [0.15, 0.2) is 71.1 Å². The number of amides is 3. The van der Waals surface area contributed by atoms with E-state index in [2.05, 4.69) is 137 Å². The van der Waals surface area contributed by atoms with Crippen molar-refractivity contribution >= 4 is 165 Å². The minimum absolute atomic E-state index is 0.00466. The molecule has 5 aliphatic heterocycles. The zero-order chi connectivity index (χ0) is 98.3. The van der Waals surface area contributed by atoms with E-state index in [1.54, 1.807) is 48.6 Å². The Kier molecular flexibility index (Phi) is 32.7. The Morgan fingerprint density at radius 3 is 1.19 bits per heavy atom. The van der Waals surface area contributed by atoms with Crippen LogP contribution in [0.25, 0.3) is 30.6 Å². The number of halogens is 2. The van der Waals surface area contributed by atoms with Crippen molar-refractivity contribution < 1.29 is 62.0 Å². The fraction of sp³-hybridized carbons (Fsp3) is 0.346. The Labute approximate surface area is 841 Å². The first-order chi connectivity index (χ1) is 68.3. The van der Waals surface area contributed by atoms with Gasteiger partial charge in [-0.1, -0.05) is 158 Å². The molecule has 19 rings (SSSR count). The lowest BCUT2D eigenvalue weighted by Crippen LogP contribution is -2.44. The zero-order valence-corrected chi connectivity index (χ0v) is 84.2. The van der Waals surface area contributed by atoms with Gasteiger partial charge < -0.3 is 44.4 Å². The van der Waals surface area contributed by atoms with Gasteiger partial charge in [0.2, 0.25) is 0 Å². The maximum absolute atomic E-state index is 14.9. The number of ketones is 1. The number of nitrogens with zero attached hydrogens (tertiary/aromatic N) is 11. The number of carbonyl (C=O) groups excluding carboxylic acids is 4. The minimum Gasteiger partial charge on any atom is -0.491 e. The van der Waals surface area contributed by atoms with E-state index in [0.29, 0.717) is 171 Å². The fourth-order valence-corrected chi connectivity index (χ4v) is 23.9. The van der Waals surface area contributed by atoms with Crippen LogP contribution in [0.4, 0.5) is 39.6 Å². The molecule has 2 fully saturated rings. The van der Waals surface area contributed by atoms with Crippen LogP contribution >= 0.6 is 68.0 Å². The lowest BCUT2D eigenvalue weighted by Gasteiger charge is -2.32. The van der Waals surface area contributed by atoms with Crippen molar-refractivity contribution in [1.29, 1.82) is 0 Å². The molecule has 14 aromatic rings. The zero-order valence-electron chi connectivity index (χ0n) is 79.3. The number of carboxylic acid groups (broad SMARTS) is 2. The van der Waals surface area contributed by atoms with E-state index in [1.165, 1.54) is 74.4 Å². The Bertz CT molecular complexity index is 6660. The molecule has 6 aromatic heterocycles. The number of Topliss-reactive ketones (excluding diaryl/α,β-unsaturated/α-hetero) is 1. The van der Waals surface area contributed by atoms with Crippen molar-refractivity contribution in [2.45, 2.75) is 169 Å². The summed E-state index contributed by atoms with van der Waals surface area (Å²) in [7, 11) is 0. The van der Waals surface area contributed by atoms with E-state index in [4.69, 9.17) is 14.2 Å². The maximum atomic E-state index is 14.9. The highest BCUT2D eigenvalue weighted by Crippen LogP contribution is 2.41. The second kappa shape index (κ2) is 46.3. The number of hydrogen-bond donors (Lipinski definition) is 6. The maximum Gasteiger partial charge on any atom is 0.355 e. The number of ether oxygens (including phenoxy) is 3. The predicted octanol–water partition coefficient (Wildman–Crippen LogP) is 20.8. The summed E-state index contributed by atoms with van der Waals surface area (Å²) in [5, 5.41) is 36.2. The van der Waals surface area contributed by atoms with Gasteiger partial charge in [0.05, 0.1) is 69.2 Å². The number of hydrogen-bond acceptors (Lipinski definition) is 27. The average Bonchev–Trinajstić information content (AvgIpc) is 1.77. The van der Waals surface area contributed by atoms with Crippen LogP contribution in [-0.4, -0.2) is 182 Å². The second-order valence-corrected chi connectivity index (χ2v) is 42.3. The van der Waals surface area contributed by atoms with Crippen molar-refractivity contribution in [2.75, 3.05) is 103 Å². The van der Waals surface area contributed by atoms with Crippen molar-refractivity contribution in [1.82, 2.24) is 45.0 Å². The number of para-hydroxylation sites is 3. The van der Waals surface area contributed by atoms with Gasteiger partial charge in [-0.2, -0.15) is 0 Å². The lowest BCUT2D eigenvalue weighted by atomic mass is 9.94. The largest absolute Gasteiger partial charge is 0.491 e. The number of aryl methyl sites for hydroxylation is 2. The Morgan fingerprint density at radius 1 is 0.454 bits per heavy atom. The lowest BCUT2D eigenvalue weighted by molar-refractivity contribution is -0.0249. The summed E-state index contributed by atoms with van der Waals surface area (Å²) >= 11 is 8.56. The van der Waals surface area contributed by atoms with Gasteiger partial charge in [0, 0.05) is 127 Å². The molecule has 6 N–H and O–H groups in total. The van der Waals surface area contributed by atoms with Gasteiger partial charge in [0.1, 0.15) is 5.69 Å². The van der Waals surface area contributed by atoms with Crippen LogP contribution in [0.1, 0.15) is 215 Å². The number of anilines is 6. The standard InChI is InChI=1S/C41H43FN6O4S2.C41H42FN5O5S2.C25H24N4O2S2/c1-26(2)43-29-17-20-47(21-18-29)19-6-8-27-14-15-34(32(42)24-27)52-23-7-13-36-37(39(50)51)45-41(54-36)48-22-16-28-9-5-10-30(31(28)25-48)38(49)46-40-44-33-11-3-4-12-35(33)53-40;1-26(2)52-29-17-20-46(21-18-29)19-6-8-27-14-15-34(32(42)24-27)51-23-7-13-36-37(39(49)50)44-41(54-36)47-22-16-28-9-5-10-30(31(28)25-47)38(48)45-40-43-33-11-3-4-12-35(33)53-40;1-14(2)22-21(15(3)30)27-25(33-22)29-12-11-16-7-6-8-17(18(16)13-29)23(31)28-24-26-19-9-4-5-10-20(19)32-24/h3-5,9-12,14-15,24,26,29,43H,7,13,16-23,25H2,1-2H3,(H,50,51)(H,44,46,49);3-5,9-12,14-15,24,26,29H,7,13,16-23,25H2,1-2H3,(H,49,50)(H,43,45,48);4-10,14H,11-13H2,1-3H3,(H,26,28,31). The molecule has 728 valence electrons. The van der Waals surface area contributed by atoms with Gasteiger partial charge in [0.25, 0.3) is 17.7 Å². The van der Waals surface area contributed by atoms with E-state index in [0.717, 1.165) is 133 Å². The number of piperidine rings is 2. The van der Waals surface area contributed by atoms with Gasteiger partial charge in [-0.25, -0.2) is 48.3 Å². The molecule has 0 spiro atoms. The highest BCUT2D eigenvalue weighted by Gasteiger charge is 2.33. The second-order valence-electron chi connectivity index (χ2n) is 36.1. The summed E-state index contributed by atoms with van der Waals surface area (Å²) < 4.78 is 50.3. The van der Waals surface area contributed by atoms with Crippen molar-refractivity contribution in [2.24, 2.45) is 0 Å². The summed E-state index contributed by atoms with van der Waals surface area (Å²) in [5.74, 6) is 9.18. The molecule has 0 bridgehead atoms. The molecule has 141 heavy (non-hydrogen) atoms. The van der Waals surface area contributed by atoms with E-state index < -0.39 is 23.6 Å². The highest BCUT2D eigenvalue weighted by molar-refractivity contribution is 7.23. The van der Waals surface area contributed by atoms with Gasteiger partial charge >= 0.3 is 11.9 Å². The number of carbonyl (C=O) groups is 6. The molecule has 3 amide bonds. The predicted molar refractivity (Wildman–Crippen MR) is 558 cm³/mol. The van der Waals surface area contributed by atoms with Crippen LogP contribution in [0.15, 0.2) is 164 Å². The van der Waals surface area contributed by atoms with Crippen LogP contribution in [-0.2, 0) is 56.5 Å². The van der Waals surface area contributed by atoms with Crippen molar-refractivity contribution in [3.63, 3.8) is 0 Å². The summed E-state index contributed by atoms with van der Waals surface area (Å²) in [5.41, 5.74) is 12.2. The number of fused-ring (bicyclic) bond motifs is 6. The number of carboxylic acids is 2. The third-order valence-electron chi connectivity index (χ3n) is 24.9. The number of thiazole rings is 6. The first-order valence-electron chi connectivity index (χ1n) is 47.5. The summed E-state index contributed by atoms with van der Waals surface area (Å²) in [6.07, 6.45) is 8.70. The Hall–Kier alpha value is -12.8. The molecule has 26 nitrogen and oxygen atoms in total. The molecule has 34 heteroatoms. The Balaban J connectivity index is 0.000000150. The number of aromatic carboxylic acids is 2. The molecule has 0 saturated carbocycles. The number of benzene rings is 8. The molecule has 0 unspecified atom stereocenters. The van der Waals surface area contributed by atoms with E-state index in [1.807, 2.05) is 125 Å². The SMILES string of the molecule is CC(=O)c1nc(N2CCc3cccc(C(=O)Nc4nc5ccccc5s4)c3C2)sc1C(C)C.CC(C)NC1CCN(CC#Cc2ccc(OCCCc3sc(N4CCc5cccc(C(=O)Nc6nc7ccccc7s6)c5C4)nc3C(=O)O)c(F)c2)CC1.CC(C)OC1CCN(CC#Cc2ccc(OCCCc3sc(N4CCc5cccc(C(=O)Nc6nc7ccccc7s6)c5C4)nc3C(=O)O)c(F)c2)CC1. The molecule has 2 saturated heterocycles. The van der Waals surface area contributed by atoms with Crippen LogP contribution in [0, 0.1) is 35.3 Å². The average molecular weight is 2010 g/mol.